The van der Waals surface area contributed by atoms with Gasteiger partial charge in [-0.25, -0.2) is 9.97 Å². The summed E-state index contributed by atoms with van der Waals surface area (Å²) in [6.07, 6.45) is 7.17. The molecule has 0 fully saturated rings. The first-order chi connectivity index (χ1) is 16.2. The van der Waals surface area contributed by atoms with E-state index in [4.69, 9.17) is 4.42 Å². The van der Waals surface area contributed by atoms with Gasteiger partial charge in [-0.1, -0.05) is 0 Å². The Labute approximate surface area is 192 Å². The first kappa shape index (κ1) is 20.0. The lowest BCUT2D eigenvalue weighted by Gasteiger charge is -2.24. The lowest BCUT2D eigenvalue weighted by molar-refractivity contribution is -0.131. The van der Waals surface area contributed by atoms with Crippen LogP contribution in [0.5, 0.6) is 0 Å². The van der Waals surface area contributed by atoms with E-state index in [-0.39, 0.29) is 18.2 Å². The molecule has 0 saturated carbocycles. The highest BCUT2D eigenvalue weighted by Gasteiger charge is 2.25. The van der Waals surface area contributed by atoms with Crippen LogP contribution in [0.4, 0.5) is 5.95 Å². The summed E-state index contributed by atoms with van der Waals surface area (Å²) in [6, 6.07) is 2.52. The minimum atomic E-state index is -0.0871. The molecule has 0 saturated heterocycles. The lowest BCUT2D eigenvalue weighted by Crippen LogP contribution is -2.37. The molecule has 1 unspecified atom stereocenters. The molecule has 168 valence electrons. The summed E-state index contributed by atoms with van der Waals surface area (Å²) in [5.41, 5.74) is 3.74. The predicted molar refractivity (Wildman–Crippen MR) is 118 cm³/mol. The number of carbonyl (C=O) groups excluding carboxylic acids is 1. The fourth-order valence-corrected chi connectivity index (χ4v) is 5.19. The van der Waals surface area contributed by atoms with Crippen molar-refractivity contribution in [3.05, 3.63) is 51.6 Å². The van der Waals surface area contributed by atoms with E-state index >= 15 is 0 Å². The molecule has 12 heteroatoms. The number of hydrogen-bond acceptors (Lipinski definition) is 10. The number of nitrogens with one attached hydrogen (secondary N) is 2. The van der Waals surface area contributed by atoms with Gasteiger partial charge >= 0.3 is 0 Å². The SMILES string of the molecule is O=C(Cc1nnc(-c2cnc(NC3CCc4sccc4C3)nc2)o1)N1CCc2n[nH]nc2C1. The third-order valence-corrected chi connectivity index (χ3v) is 7.06. The summed E-state index contributed by atoms with van der Waals surface area (Å²) in [5, 5.41) is 24.4. The number of hydrogen-bond donors (Lipinski definition) is 2. The molecular weight excluding hydrogens is 442 g/mol. The molecule has 1 atom stereocenters. The molecule has 0 bridgehead atoms. The van der Waals surface area contributed by atoms with Crippen LogP contribution in [0.2, 0.25) is 0 Å². The first-order valence-electron chi connectivity index (χ1n) is 10.8. The van der Waals surface area contributed by atoms with Gasteiger partial charge in [-0.3, -0.25) is 4.79 Å². The van der Waals surface area contributed by atoms with Crippen molar-refractivity contribution in [2.24, 2.45) is 0 Å². The van der Waals surface area contributed by atoms with E-state index in [9.17, 15) is 4.79 Å². The van der Waals surface area contributed by atoms with Gasteiger partial charge < -0.3 is 14.6 Å². The van der Waals surface area contributed by atoms with Crippen molar-refractivity contribution in [1.82, 2.24) is 40.5 Å². The lowest BCUT2D eigenvalue weighted by atomic mass is 9.95. The molecule has 2 N–H and O–H groups in total. The zero-order chi connectivity index (χ0) is 22.2. The topological polar surface area (TPSA) is 139 Å². The van der Waals surface area contributed by atoms with Crippen LogP contribution in [0.1, 0.15) is 34.1 Å². The van der Waals surface area contributed by atoms with Crippen LogP contribution in [-0.2, 0) is 37.0 Å². The summed E-state index contributed by atoms with van der Waals surface area (Å²) in [4.78, 5) is 24.7. The molecule has 4 aromatic heterocycles. The van der Waals surface area contributed by atoms with E-state index in [2.05, 4.69) is 52.3 Å². The highest BCUT2D eigenvalue weighted by molar-refractivity contribution is 7.10. The third-order valence-electron chi connectivity index (χ3n) is 6.04. The maximum absolute atomic E-state index is 12.6. The van der Waals surface area contributed by atoms with Crippen LogP contribution < -0.4 is 5.32 Å². The smallest absolute Gasteiger partial charge is 0.250 e. The Morgan fingerprint density at radius 3 is 3.00 bits per heavy atom. The third kappa shape index (κ3) is 4.09. The number of thiophene rings is 1. The summed E-state index contributed by atoms with van der Waals surface area (Å²) in [5.74, 6) is 1.05. The number of anilines is 1. The van der Waals surface area contributed by atoms with Crippen LogP contribution in [0.3, 0.4) is 0 Å². The number of rotatable bonds is 5. The molecule has 1 aliphatic heterocycles. The number of nitrogens with zero attached hydrogens (tertiary/aromatic N) is 7. The fourth-order valence-electron chi connectivity index (χ4n) is 4.26. The first-order valence-corrected chi connectivity index (χ1v) is 11.7. The summed E-state index contributed by atoms with van der Waals surface area (Å²) >= 11 is 1.83. The van der Waals surface area contributed by atoms with E-state index in [1.165, 1.54) is 10.4 Å². The Bertz CT molecular complexity index is 1280. The minimum absolute atomic E-state index is 0.0347. The molecular formula is C21H21N9O2S. The van der Waals surface area contributed by atoms with Crippen LogP contribution in [-0.4, -0.2) is 59.0 Å². The number of aromatic amines is 1. The number of amides is 1. The average Bonchev–Trinajstić information content (AvgIpc) is 3.59. The standard InChI is InChI=1S/C21H21N9O2S/c31-19(30-5-3-15-16(11-30)26-29-25-15)8-18-27-28-20(32-18)13-9-22-21(23-10-13)24-14-1-2-17-12(7-14)4-6-33-17/h4,6,9-10,14H,1-3,5,7-8,11H2,(H,22,23,24)(H,25,26,29). The molecule has 2 aliphatic rings. The summed E-state index contributed by atoms with van der Waals surface area (Å²) in [6.45, 7) is 1.03. The van der Waals surface area contributed by atoms with E-state index in [0.717, 1.165) is 30.7 Å². The highest BCUT2D eigenvalue weighted by Crippen LogP contribution is 2.27. The number of H-pyrrole nitrogens is 1. The molecule has 11 nitrogen and oxygen atoms in total. The Morgan fingerprint density at radius 1 is 1.21 bits per heavy atom. The van der Waals surface area contributed by atoms with Crippen molar-refractivity contribution < 1.29 is 9.21 Å². The van der Waals surface area contributed by atoms with Crippen molar-refractivity contribution in [1.29, 1.82) is 0 Å². The highest BCUT2D eigenvalue weighted by atomic mass is 32.1. The molecule has 0 spiro atoms. The van der Waals surface area contributed by atoms with E-state index in [1.807, 2.05) is 11.3 Å². The molecule has 5 heterocycles. The minimum Gasteiger partial charge on any atom is -0.420 e. The van der Waals surface area contributed by atoms with Crippen LogP contribution in [0.15, 0.2) is 28.3 Å². The molecule has 6 rings (SSSR count). The maximum Gasteiger partial charge on any atom is 0.250 e. The van der Waals surface area contributed by atoms with E-state index < -0.39 is 0 Å². The van der Waals surface area contributed by atoms with Gasteiger partial charge in [-0.2, -0.15) is 15.4 Å². The second-order valence-corrected chi connectivity index (χ2v) is 9.21. The van der Waals surface area contributed by atoms with Gasteiger partial charge in [0, 0.05) is 36.3 Å². The van der Waals surface area contributed by atoms with Gasteiger partial charge in [0.1, 0.15) is 12.1 Å². The molecule has 0 radical (unpaired) electrons. The predicted octanol–water partition coefficient (Wildman–Crippen LogP) is 1.80. The molecule has 0 aromatic carbocycles. The molecule has 33 heavy (non-hydrogen) atoms. The number of fused-ring (bicyclic) bond motifs is 2. The van der Waals surface area contributed by atoms with Crippen molar-refractivity contribution >= 4 is 23.2 Å². The Morgan fingerprint density at radius 2 is 2.09 bits per heavy atom. The molecule has 1 amide bonds. The van der Waals surface area contributed by atoms with E-state index in [1.54, 1.807) is 17.3 Å². The average molecular weight is 464 g/mol. The second kappa shape index (κ2) is 8.35. The van der Waals surface area contributed by atoms with Gasteiger partial charge in [0.2, 0.25) is 17.7 Å². The fraction of sp³-hybridized carbons (Fsp3) is 0.381. The second-order valence-electron chi connectivity index (χ2n) is 8.21. The van der Waals surface area contributed by atoms with Crippen LogP contribution >= 0.6 is 11.3 Å². The maximum atomic E-state index is 12.6. The molecule has 1 aliphatic carbocycles. The van der Waals surface area contributed by atoms with Crippen molar-refractivity contribution in [3.63, 3.8) is 0 Å². The quantitative estimate of drug-likeness (QED) is 0.453. The Kier molecular flexibility index (Phi) is 5.06. The monoisotopic (exact) mass is 463 g/mol. The number of carbonyl (C=O) groups is 1. The zero-order valence-electron chi connectivity index (χ0n) is 17.7. The summed E-state index contributed by atoms with van der Waals surface area (Å²) in [7, 11) is 0. The van der Waals surface area contributed by atoms with Gasteiger partial charge in [0.15, 0.2) is 0 Å². The zero-order valence-corrected chi connectivity index (χ0v) is 18.5. The van der Waals surface area contributed by atoms with Gasteiger partial charge in [0.05, 0.1) is 17.8 Å². The Hall–Kier alpha value is -3.67. The van der Waals surface area contributed by atoms with Crippen molar-refractivity contribution in [2.45, 2.75) is 44.7 Å². The van der Waals surface area contributed by atoms with Crippen LogP contribution in [0.25, 0.3) is 11.5 Å². The number of aryl methyl sites for hydroxylation is 1. The largest absolute Gasteiger partial charge is 0.420 e. The van der Waals surface area contributed by atoms with E-state index in [0.29, 0.717) is 43.0 Å². The van der Waals surface area contributed by atoms with Crippen LogP contribution in [0, 0.1) is 0 Å². The van der Waals surface area contributed by atoms with Gasteiger partial charge in [0.25, 0.3) is 5.89 Å². The normalized spacial score (nSPS) is 17.5. The number of aromatic nitrogens is 7. The van der Waals surface area contributed by atoms with Crippen molar-refractivity contribution in [2.75, 3.05) is 11.9 Å². The Balaban J connectivity index is 1.07. The van der Waals surface area contributed by atoms with Crippen molar-refractivity contribution in [3.8, 4) is 11.5 Å². The van der Waals surface area contributed by atoms with Gasteiger partial charge in [-0.15, -0.1) is 21.5 Å². The summed E-state index contributed by atoms with van der Waals surface area (Å²) < 4.78 is 5.70. The van der Waals surface area contributed by atoms with Gasteiger partial charge in [-0.05, 0) is 36.3 Å². The molecule has 4 aromatic rings.